The molecule has 0 saturated heterocycles. The first kappa shape index (κ1) is 18.6. The Kier molecular flexibility index (Phi) is 4.62. The molecular formula is C26H23FN2O. The van der Waals surface area contributed by atoms with E-state index in [1.807, 2.05) is 30.3 Å². The third-order valence-electron chi connectivity index (χ3n) is 6.06. The van der Waals surface area contributed by atoms with Gasteiger partial charge < -0.3 is 10.6 Å². The predicted octanol–water partition coefficient (Wildman–Crippen LogP) is 6.11. The number of Topliss-reactive ketones (excluding diaryl/α,β-unsaturated/α-hetero) is 1. The summed E-state index contributed by atoms with van der Waals surface area (Å²) in [6.07, 6.45) is 0.905. The fourth-order valence-electron chi connectivity index (χ4n) is 4.53. The van der Waals surface area contributed by atoms with Crippen molar-refractivity contribution in [2.45, 2.75) is 31.7 Å². The van der Waals surface area contributed by atoms with Crippen molar-refractivity contribution >= 4 is 17.2 Å². The molecule has 0 fully saturated rings. The summed E-state index contributed by atoms with van der Waals surface area (Å²) >= 11 is 0. The van der Waals surface area contributed by atoms with Crippen molar-refractivity contribution in [3.05, 3.63) is 107 Å². The molecule has 0 bridgehead atoms. The van der Waals surface area contributed by atoms with Crippen LogP contribution >= 0.6 is 0 Å². The minimum atomic E-state index is -0.249. The molecule has 0 saturated carbocycles. The third kappa shape index (κ3) is 3.28. The molecule has 0 aromatic heterocycles. The molecule has 4 heteroatoms. The van der Waals surface area contributed by atoms with Crippen LogP contribution in [-0.2, 0) is 4.79 Å². The number of benzene rings is 3. The quantitative estimate of drug-likeness (QED) is 0.547. The van der Waals surface area contributed by atoms with Crippen LogP contribution in [-0.4, -0.2) is 5.78 Å². The smallest absolute Gasteiger partial charge is 0.163 e. The van der Waals surface area contributed by atoms with Gasteiger partial charge in [-0.25, -0.2) is 4.39 Å². The SMILES string of the molecule is Cc1ccc([C@@H]2Nc3ccccc3NC3=C2C(=O)C[C@@H](c2ccccc2F)C3)cc1. The Labute approximate surface area is 175 Å². The first-order valence-electron chi connectivity index (χ1n) is 10.3. The summed E-state index contributed by atoms with van der Waals surface area (Å²) in [5.74, 6) is -0.363. The van der Waals surface area contributed by atoms with Crippen LogP contribution in [0.5, 0.6) is 0 Å². The van der Waals surface area contributed by atoms with E-state index < -0.39 is 0 Å². The Morgan fingerprint density at radius 1 is 0.867 bits per heavy atom. The number of carbonyl (C=O) groups is 1. The van der Waals surface area contributed by atoms with Crippen LogP contribution in [0.1, 0.15) is 41.5 Å². The summed E-state index contributed by atoms with van der Waals surface area (Å²) in [6, 6.07) is 22.8. The molecule has 2 aliphatic rings. The lowest BCUT2D eigenvalue weighted by Gasteiger charge is -2.30. The topological polar surface area (TPSA) is 41.1 Å². The monoisotopic (exact) mass is 398 g/mol. The van der Waals surface area contributed by atoms with Crippen LogP contribution in [0.15, 0.2) is 84.1 Å². The van der Waals surface area contributed by atoms with Gasteiger partial charge >= 0.3 is 0 Å². The van der Waals surface area contributed by atoms with Crippen LogP contribution in [0.2, 0.25) is 0 Å². The number of carbonyl (C=O) groups excluding carboxylic acids is 1. The third-order valence-corrected chi connectivity index (χ3v) is 6.06. The summed E-state index contributed by atoms with van der Waals surface area (Å²) in [4.78, 5) is 13.4. The van der Waals surface area contributed by atoms with E-state index in [9.17, 15) is 9.18 Å². The molecule has 1 heterocycles. The largest absolute Gasteiger partial charge is 0.372 e. The minimum absolute atomic E-state index is 0.0582. The molecule has 3 aromatic carbocycles. The van der Waals surface area contributed by atoms with Gasteiger partial charge in [-0.15, -0.1) is 0 Å². The zero-order valence-electron chi connectivity index (χ0n) is 16.8. The number of ketones is 1. The molecule has 2 N–H and O–H groups in total. The summed E-state index contributed by atoms with van der Waals surface area (Å²) in [6.45, 7) is 2.05. The second-order valence-corrected chi connectivity index (χ2v) is 8.10. The van der Waals surface area contributed by atoms with E-state index in [-0.39, 0.29) is 23.6 Å². The maximum absolute atomic E-state index is 14.5. The van der Waals surface area contributed by atoms with Gasteiger partial charge in [-0.1, -0.05) is 60.2 Å². The number of hydrogen-bond acceptors (Lipinski definition) is 3. The van der Waals surface area contributed by atoms with Crippen molar-refractivity contribution in [2.75, 3.05) is 10.6 Å². The summed E-state index contributed by atoms with van der Waals surface area (Å²) in [5, 5.41) is 7.07. The Morgan fingerprint density at radius 2 is 1.57 bits per heavy atom. The first-order valence-corrected chi connectivity index (χ1v) is 10.3. The molecule has 3 aromatic rings. The molecule has 2 atom stereocenters. The maximum atomic E-state index is 14.5. The average Bonchev–Trinajstić information content (AvgIpc) is 2.91. The molecule has 30 heavy (non-hydrogen) atoms. The van der Waals surface area contributed by atoms with E-state index >= 15 is 0 Å². The van der Waals surface area contributed by atoms with E-state index in [0.29, 0.717) is 18.4 Å². The van der Waals surface area contributed by atoms with Crippen molar-refractivity contribution in [1.29, 1.82) is 0 Å². The van der Waals surface area contributed by atoms with Gasteiger partial charge in [-0.2, -0.15) is 0 Å². The molecule has 3 nitrogen and oxygen atoms in total. The van der Waals surface area contributed by atoms with Crippen LogP contribution < -0.4 is 10.6 Å². The second kappa shape index (κ2) is 7.45. The molecule has 1 aliphatic carbocycles. The van der Waals surface area contributed by atoms with Crippen molar-refractivity contribution in [3.8, 4) is 0 Å². The van der Waals surface area contributed by atoms with E-state index in [1.54, 1.807) is 12.1 Å². The van der Waals surface area contributed by atoms with Crippen LogP contribution in [0.3, 0.4) is 0 Å². The van der Waals surface area contributed by atoms with Gasteiger partial charge in [0.05, 0.1) is 17.4 Å². The number of anilines is 2. The second-order valence-electron chi connectivity index (χ2n) is 8.10. The van der Waals surface area contributed by atoms with Gasteiger partial charge in [0.2, 0.25) is 0 Å². The maximum Gasteiger partial charge on any atom is 0.163 e. The van der Waals surface area contributed by atoms with Gasteiger partial charge in [0.1, 0.15) is 5.82 Å². The first-order chi connectivity index (χ1) is 14.6. The van der Waals surface area contributed by atoms with Crippen molar-refractivity contribution in [2.24, 2.45) is 0 Å². The number of aryl methyl sites for hydroxylation is 1. The van der Waals surface area contributed by atoms with Crippen molar-refractivity contribution in [3.63, 3.8) is 0 Å². The van der Waals surface area contributed by atoms with Gasteiger partial charge in [-0.05, 0) is 48.6 Å². The minimum Gasteiger partial charge on any atom is -0.372 e. The molecule has 0 radical (unpaired) electrons. The highest BCUT2D eigenvalue weighted by molar-refractivity contribution is 6.01. The lowest BCUT2D eigenvalue weighted by molar-refractivity contribution is -0.116. The van der Waals surface area contributed by atoms with E-state index in [0.717, 1.165) is 28.2 Å². The predicted molar refractivity (Wildman–Crippen MR) is 118 cm³/mol. The number of para-hydroxylation sites is 2. The number of hydrogen-bond donors (Lipinski definition) is 2. The van der Waals surface area contributed by atoms with Gasteiger partial charge in [-0.3, -0.25) is 4.79 Å². The highest BCUT2D eigenvalue weighted by Crippen LogP contribution is 2.44. The molecular weight excluding hydrogens is 375 g/mol. The normalized spacial score (nSPS) is 20.5. The highest BCUT2D eigenvalue weighted by Gasteiger charge is 2.36. The van der Waals surface area contributed by atoms with Crippen molar-refractivity contribution < 1.29 is 9.18 Å². The fraction of sp³-hybridized carbons (Fsp3) is 0.192. The Bertz CT molecular complexity index is 1150. The standard InChI is InChI=1S/C26H23FN2O/c1-16-10-12-17(13-11-16)26-25-23(28-21-8-4-5-9-22(21)29-26)14-18(15-24(25)30)19-6-2-3-7-20(19)27/h2-13,18,26,28-29H,14-15H2,1H3/t18-,26-/m0/s1. The van der Waals surface area contributed by atoms with E-state index in [4.69, 9.17) is 0 Å². The van der Waals surface area contributed by atoms with E-state index in [1.165, 1.54) is 11.6 Å². The molecule has 0 spiro atoms. The molecule has 5 rings (SSSR count). The Hall–Kier alpha value is -3.40. The average molecular weight is 398 g/mol. The summed E-state index contributed by atoms with van der Waals surface area (Å²) in [7, 11) is 0. The molecule has 1 aliphatic heterocycles. The Balaban J connectivity index is 1.62. The zero-order valence-corrected chi connectivity index (χ0v) is 16.8. The summed E-state index contributed by atoms with van der Waals surface area (Å²) < 4.78 is 14.5. The van der Waals surface area contributed by atoms with Gasteiger partial charge in [0, 0.05) is 17.7 Å². The highest BCUT2D eigenvalue weighted by atomic mass is 19.1. The molecule has 0 unspecified atom stereocenters. The number of nitrogens with one attached hydrogen (secondary N) is 2. The van der Waals surface area contributed by atoms with Gasteiger partial charge in [0.15, 0.2) is 5.78 Å². The van der Waals surface area contributed by atoms with Crippen LogP contribution in [0.25, 0.3) is 0 Å². The van der Waals surface area contributed by atoms with Crippen molar-refractivity contribution in [1.82, 2.24) is 0 Å². The number of allylic oxidation sites excluding steroid dienone is 1. The lowest BCUT2D eigenvalue weighted by atomic mass is 9.78. The van der Waals surface area contributed by atoms with Gasteiger partial charge in [0.25, 0.3) is 0 Å². The molecule has 0 amide bonds. The number of rotatable bonds is 2. The lowest BCUT2D eigenvalue weighted by Crippen LogP contribution is -2.27. The van der Waals surface area contributed by atoms with Crippen LogP contribution in [0.4, 0.5) is 15.8 Å². The fourth-order valence-corrected chi connectivity index (χ4v) is 4.53. The summed E-state index contributed by atoms with van der Waals surface area (Å²) in [5.41, 5.74) is 6.34. The zero-order chi connectivity index (χ0) is 20.7. The Morgan fingerprint density at radius 3 is 2.33 bits per heavy atom. The van der Waals surface area contributed by atoms with E-state index in [2.05, 4.69) is 41.8 Å². The number of halogens is 1. The van der Waals surface area contributed by atoms with Crippen LogP contribution in [0, 0.1) is 12.7 Å². The number of fused-ring (bicyclic) bond motifs is 1. The molecule has 150 valence electrons.